The third kappa shape index (κ3) is 4.16. The van der Waals surface area contributed by atoms with Crippen LogP contribution in [0.2, 0.25) is 0 Å². The minimum absolute atomic E-state index is 0.238. The molecule has 1 amide bonds. The summed E-state index contributed by atoms with van der Waals surface area (Å²) < 4.78 is 0. The van der Waals surface area contributed by atoms with E-state index in [-0.39, 0.29) is 12.5 Å². The topological polar surface area (TPSA) is 68.0 Å². The van der Waals surface area contributed by atoms with Crippen LogP contribution in [0.15, 0.2) is 42.6 Å². The van der Waals surface area contributed by atoms with Gasteiger partial charge >= 0.3 is 0 Å². The van der Waals surface area contributed by atoms with Crippen molar-refractivity contribution in [2.45, 2.75) is 13.5 Å². The van der Waals surface area contributed by atoms with Gasteiger partial charge in [0.2, 0.25) is 0 Å². The average Bonchev–Trinajstić information content (AvgIpc) is 2.52. The lowest BCUT2D eigenvalue weighted by Crippen LogP contribution is -2.24. The Labute approximate surface area is 124 Å². The molecule has 106 valence electrons. The Hall–Kier alpha value is -2.64. The Kier molecular flexibility index (Phi) is 5.08. The first-order chi connectivity index (χ1) is 10.2. The number of hydrogen-bond acceptors (Lipinski definition) is 3. The van der Waals surface area contributed by atoms with Gasteiger partial charge in [0.05, 0.1) is 12.1 Å². The molecule has 0 bridgehead atoms. The van der Waals surface area contributed by atoms with Gasteiger partial charge in [0.15, 0.2) is 0 Å². The molecule has 21 heavy (non-hydrogen) atoms. The zero-order valence-electron chi connectivity index (χ0n) is 11.9. The number of carbonyl (C=O) groups excluding carboxylic acids is 1. The summed E-state index contributed by atoms with van der Waals surface area (Å²) in [6.45, 7) is 2.73. The van der Waals surface area contributed by atoms with E-state index in [1.54, 1.807) is 18.3 Å². The van der Waals surface area contributed by atoms with Gasteiger partial charge < -0.3 is 11.1 Å². The molecule has 0 spiro atoms. The molecule has 0 saturated carbocycles. The van der Waals surface area contributed by atoms with Crippen molar-refractivity contribution in [1.82, 2.24) is 10.3 Å². The van der Waals surface area contributed by atoms with Crippen LogP contribution in [0.4, 0.5) is 0 Å². The van der Waals surface area contributed by atoms with Gasteiger partial charge in [0.1, 0.15) is 5.69 Å². The molecule has 3 N–H and O–H groups in total. The summed E-state index contributed by atoms with van der Waals surface area (Å²) in [5.41, 5.74) is 8.50. The third-order valence-corrected chi connectivity index (χ3v) is 2.92. The highest BCUT2D eigenvalue weighted by Gasteiger charge is 2.10. The zero-order valence-corrected chi connectivity index (χ0v) is 11.9. The molecule has 0 aliphatic rings. The third-order valence-electron chi connectivity index (χ3n) is 2.92. The van der Waals surface area contributed by atoms with Crippen molar-refractivity contribution in [3.8, 4) is 11.8 Å². The molecule has 2 aromatic rings. The van der Waals surface area contributed by atoms with E-state index in [1.807, 2.05) is 31.2 Å². The molecule has 0 unspecified atom stereocenters. The van der Waals surface area contributed by atoms with Crippen molar-refractivity contribution in [2.75, 3.05) is 6.54 Å². The van der Waals surface area contributed by atoms with Crippen molar-refractivity contribution in [2.24, 2.45) is 5.73 Å². The molecule has 2 rings (SSSR count). The normalized spacial score (nSPS) is 9.62. The van der Waals surface area contributed by atoms with Crippen molar-refractivity contribution < 1.29 is 4.79 Å². The quantitative estimate of drug-likeness (QED) is 0.839. The first-order valence-corrected chi connectivity index (χ1v) is 6.68. The van der Waals surface area contributed by atoms with Crippen LogP contribution < -0.4 is 11.1 Å². The Morgan fingerprint density at radius 1 is 1.29 bits per heavy atom. The van der Waals surface area contributed by atoms with Crippen molar-refractivity contribution in [3.05, 3.63) is 65.0 Å². The van der Waals surface area contributed by atoms with Gasteiger partial charge in [-0.25, -0.2) is 4.98 Å². The van der Waals surface area contributed by atoms with Crippen LogP contribution in [0, 0.1) is 18.8 Å². The molecule has 0 fully saturated rings. The van der Waals surface area contributed by atoms with Gasteiger partial charge in [0.25, 0.3) is 5.91 Å². The first kappa shape index (κ1) is 14.8. The molecular formula is C17H17N3O. The summed E-state index contributed by atoms with van der Waals surface area (Å²) in [4.78, 5) is 16.3. The number of rotatable bonds is 3. The number of benzene rings is 1. The zero-order chi connectivity index (χ0) is 15.1. The predicted octanol–water partition coefficient (Wildman–Crippen LogP) is 1.63. The van der Waals surface area contributed by atoms with Gasteiger partial charge in [-0.1, -0.05) is 41.7 Å². The second-order valence-corrected chi connectivity index (χ2v) is 4.57. The van der Waals surface area contributed by atoms with Gasteiger partial charge in [-0.05, 0) is 24.6 Å². The number of nitrogens with two attached hydrogens (primary N) is 1. The molecule has 1 aromatic carbocycles. The van der Waals surface area contributed by atoms with Crippen LogP contribution >= 0.6 is 0 Å². The van der Waals surface area contributed by atoms with Gasteiger partial charge in [-0.3, -0.25) is 4.79 Å². The van der Waals surface area contributed by atoms with Crippen LogP contribution in [0.3, 0.4) is 0 Å². The fraction of sp³-hybridized carbons (Fsp3) is 0.176. The Morgan fingerprint density at radius 2 is 2.05 bits per heavy atom. The minimum atomic E-state index is -0.238. The van der Waals surface area contributed by atoms with E-state index in [9.17, 15) is 4.79 Å². The smallest absolute Gasteiger partial charge is 0.271 e. The van der Waals surface area contributed by atoms with Crippen molar-refractivity contribution >= 4 is 5.91 Å². The standard InChI is InChI=1S/C17H17N3O/c1-13-6-8-14(9-7-13)12-20-17(21)16-15(4-2-10-18)5-3-11-19-16/h3,5-9,11H,10,12,18H2,1H3,(H,20,21). The van der Waals surface area contributed by atoms with Crippen LogP contribution in [0.1, 0.15) is 27.2 Å². The SMILES string of the molecule is Cc1ccc(CNC(=O)c2ncccc2C#CCN)cc1. The molecule has 4 nitrogen and oxygen atoms in total. The summed E-state index contributed by atoms with van der Waals surface area (Å²) in [7, 11) is 0. The van der Waals surface area contributed by atoms with Crippen LogP contribution in [-0.4, -0.2) is 17.4 Å². The lowest BCUT2D eigenvalue weighted by molar-refractivity contribution is 0.0945. The van der Waals surface area contributed by atoms with E-state index in [0.717, 1.165) is 5.56 Å². The number of aryl methyl sites for hydroxylation is 1. The number of amides is 1. The van der Waals surface area contributed by atoms with Gasteiger partial charge in [0, 0.05) is 12.7 Å². The molecule has 1 heterocycles. The van der Waals surface area contributed by atoms with E-state index in [4.69, 9.17) is 5.73 Å². The summed E-state index contributed by atoms with van der Waals surface area (Å²) >= 11 is 0. The molecule has 0 atom stereocenters. The Bertz CT molecular complexity index is 681. The van der Waals surface area contributed by atoms with E-state index in [1.165, 1.54) is 5.56 Å². The maximum absolute atomic E-state index is 12.2. The Balaban J connectivity index is 2.08. The lowest BCUT2D eigenvalue weighted by Gasteiger charge is -2.06. The first-order valence-electron chi connectivity index (χ1n) is 6.68. The van der Waals surface area contributed by atoms with Crippen LogP contribution in [0.5, 0.6) is 0 Å². The number of carbonyl (C=O) groups is 1. The average molecular weight is 279 g/mol. The fourth-order valence-corrected chi connectivity index (χ4v) is 1.81. The van der Waals surface area contributed by atoms with Crippen molar-refractivity contribution in [3.63, 3.8) is 0 Å². The molecule has 0 radical (unpaired) electrons. The highest BCUT2D eigenvalue weighted by molar-refractivity contribution is 5.94. The largest absolute Gasteiger partial charge is 0.347 e. The van der Waals surface area contributed by atoms with Crippen LogP contribution in [0.25, 0.3) is 0 Å². The molecule has 1 aromatic heterocycles. The lowest BCUT2D eigenvalue weighted by atomic mass is 10.1. The summed E-state index contributed by atoms with van der Waals surface area (Å²) in [6.07, 6.45) is 1.58. The Morgan fingerprint density at radius 3 is 2.76 bits per heavy atom. The molecule has 0 saturated heterocycles. The predicted molar refractivity (Wildman–Crippen MR) is 82.5 cm³/mol. The second kappa shape index (κ2) is 7.22. The van der Waals surface area contributed by atoms with Crippen LogP contribution in [-0.2, 0) is 6.54 Å². The maximum atomic E-state index is 12.2. The second-order valence-electron chi connectivity index (χ2n) is 4.57. The molecule has 4 heteroatoms. The van der Waals surface area contributed by atoms with E-state index < -0.39 is 0 Å². The summed E-state index contributed by atoms with van der Waals surface area (Å²) in [5, 5.41) is 2.85. The highest BCUT2D eigenvalue weighted by Crippen LogP contribution is 2.06. The van der Waals surface area contributed by atoms with E-state index in [0.29, 0.717) is 17.8 Å². The molecule has 0 aliphatic carbocycles. The maximum Gasteiger partial charge on any atom is 0.271 e. The minimum Gasteiger partial charge on any atom is -0.347 e. The fourth-order valence-electron chi connectivity index (χ4n) is 1.81. The summed E-state index contributed by atoms with van der Waals surface area (Å²) in [5.74, 6) is 5.36. The highest BCUT2D eigenvalue weighted by atomic mass is 16.1. The monoisotopic (exact) mass is 279 g/mol. The van der Waals surface area contributed by atoms with E-state index >= 15 is 0 Å². The van der Waals surface area contributed by atoms with Crippen molar-refractivity contribution in [1.29, 1.82) is 0 Å². The number of nitrogens with one attached hydrogen (secondary N) is 1. The number of aromatic nitrogens is 1. The number of hydrogen-bond donors (Lipinski definition) is 2. The number of pyridine rings is 1. The van der Waals surface area contributed by atoms with Gasteiger partial charge in [-0.15, -0.1) is 0 Å². The van der Waals surface area contributed by atoms with Gasteiger partial charge in [-0.2, -0.15) is 0 Å². The number of nitrogens with zero attached hydrogens (tertiary/aromatic N) is 1. The summed E-state index contributed by atoms with van der Waals surface area (Å²) in [6, 6.07) is 11.5. The molecule has 0 aliphatic heterocycles. The molecular weight excluding hydrogens is 262 g/mol. The van der Waals surface area contributed by atoms with E-state index in [2.05, 4.69) is 22.1 Å².